The Kier molecular flexibility index (Phi) is 18.3. The van der Waals surface area contributed by atoms with Crippen LogP contribution in [0.3, 0.4) is 0 Å². The maximum absolute atomic E-state index is 3.06. The van der Waals surface area contributed by atoms with Crippen molar-refractivity contribution < 1.29 is 0 Å². The summed E-state index contributed by atoms with van der Waals surface area (Å²) in [6.07, 6.45) is 0. The van der Waals surface area contributed by atoms with Gasteiger partial charge < -0.3 is 0 Å². The molecule has 2 radical (unpaired) electrons. The first-order valence-electron chi connectivity index (χ1n) is 26.9. The topological polar surface area (TPSA) is 0 Å². The Labute approximate surface area is 440 Å². The summed E-state index contributed by atoms with van der Waals surface area (Å²) in [5.74, 6) is 1.70. The maximum atomic E-state index is 3.06. The first kappa shape index (κ1) is 59.8. The molecule has 8 heteroatoms. The van der Waals surface area contributed by atoms with Crippen molar-refractivity contribution in [2.45, 2.75) is 231 Å². The summed E-state index contributed by atoms with van der Waals surface area (Å²) in [6.45, 7) is 77.7. The minimum absolute atomic E-state index is 0.306. The van der Waals surface area contributed by atoms with Crippen LogP contribution in [0.1, 0.15) is 128 Å². The van der Waals surface area contributed by atoms with Crippen molar-refractivity contribution in [1.29, 1.82) is 0 Å². The first-order chi connectivity index (χ1) is 30.5. The van der Waals surface area contributed by atoms with Gasteiger partial charge in [0.2, 0.25) is 0 Å². The van der Waals surface area contributed by atoms with Gasteiger partial charge in [-0.25, -0.2) is 0 Å². The van der Waals surface area contributed by atoms with E-state index in [2.05, 4.69) is 260 Å². The van der Waals surface area contributed by atoms with Crippen molar-refractivity contribution in [2.24, 2.45) is 0 Å². The Balaban J connectivity index is 2.61. The standard InChI is InChI=1S/C30H67Si7.C30H37.Sn/c1-31(2,3)28(32(4,5)6)25-22-26(29(33(7,8)9)34(10,11)12)24-27(23-25)30(35(13,14)15,36(16,17)18)37(19,20)21;1-19(2)25-14-10-15-26(20(3)4)29(25)23-12-9-13-24(18-23)30-27(21(5)6)16-11-17-28(30)22(7)8;/h23-24,28-29H,1-21H3;9-17,19-22H,1-8H3;. The predicted molar refractivity (Wildman–Crippen MR) is 336 cm³/mol. The van der Waals surface area contributed by atoms with Crippen LogP contribution < -0.4 is 7.16 Å². The molecule has 0 saturated carbocycles. The quantitative estimate of drug-likeness (QED) is 0.0871. The zero-order valence-corrected chi connectivity index (χ0v) is 59.7. The van der Waals surface area contributed by atoms with Crippen molar-refractivity contribution in [3.8, 4) is 22.3 Å². The van der Waals surface area contributed by atoms with E-state index >= 15 is 0 Å². The zero-order valence-electron chi connectivity index (χ0n) is 49.8. The van der Waals surface area contributed by atoms with Crippen molar-refractivity contribution in [1.82, 2.24) is 0 Å². The average molecular weight is 1140 g/mol. The van der Waals surface area contributed by atoms with Crippen LogP contribution in [0, 0.1) is 0 Å². The van der Waals surface area contributed by atoms with E-state index in [1.54, 1.807) is 14.7 Å². The van der Waals surface area contributed by atoms with Crippen molar-refractivity contribution in [3.05, 3.63) is 106 Å². The monoisotopic (exact) mass is 1140 g/mol. The average Bonchev–Trinajstić information content (AvgIpc) is 3.11. The summed E-state index contributed by atoms with van der Waals surface area (Å²) in [6, 6.07) is 28.4. The zero-order chi connectivity index (χ0) is 52.5. The Bertz CT molecular complexity index is 2140. The third-order valence-corrected chi connectivity index (χ3v) is 60.0. The van der Waals surface area contributed by atoms with Crippen LogP contribution in [-0.2, 0) is 4.28 Å². The molecule has 0 N–H and O–H groups in total. The molecule has 0 amide bonds. The molecule has 0 atom stereocenters. The number of hydrogen-bond donors (Lipinski definition) is 0. The van der Waals surface area contributed by atoms with Crippen LogP contribution in [0.25, 0.3) is 22.3 Å². The molecular weight excluding hydrogens is 1040 g/mol. The second kappa shape index (κ2) is 20.8. The Morgan fingerprint density at radius 3 is 0.809 bits per heavy atom. The molecule has 4 aromatic carbocycles. The molecule has 0 nitrogen and oxygen atoms in total. The van der Waals surface area contributed by atoms with Crippen LogP contribution in [0.15, 0.2) is 66.7 Å². The van der Waals surface area contributed by atoms with Crippen LogP contribution in [0.5, 0.6) is 0 Å². The summed E-state index contributed by atoms with van der Waals surface area (Å²) in [7, 11) is -12.6. The van der Waals surface area contributed by atoms with Crippen LogP contribution in [-0.4, -0.2) is 77.7 Å². The summed E-state index contributed by atoms with van der Waals surface area (Å²) < 4.78 is 3.95. The van der Waals surface area contributed by atoms with Gasteiger partial charge in [-0.3, -0.25) is 0 Å². The van der Waals surface area contributed by atoms with Gasteiger partial charge in [0.1, 0.15) is 0 Å². The van der Waals surface area contributed by atoms with Gasteiger partial charge in [0.25, 0.3) is 0 Å². The van der Waals surface area contributed by atoms with Gasteiger partial charge in [-0.15, -0.1) is 0 Å². The van der Waals surface area contributed by atoms with E-state index in [9.17, 15) is 0 Å². The Hall–Kier alpha value is -0.803. The molecular formula is C60H104Si7Sn. The van der Waals surface area contributed by atoms with E-state index in [4.69, 9.17) is 0 Å². The molecule has 376 valence electrons. The van der Waals surface area contributed by atoms with Gasteiger partial charge in [0.05, 0.1) is 0 Å². The molecule has 4 aromatic rings. The SMILES string of the molecule is CC(C)c1cccc(C(C)C)c1-c1cccc(-c2c(C(C)C)cccc2C(C)C)[c]1[Sn][c]1c(C([Si](C)(C)C)[Si](C)(C)C)cc(C([Si](C)(C)C)([Si](C)(C)C)[Si](C)(C)C)cc1C([Si](C)(C)C)[Si](C)(C)C. The first-order valence-corrected chi connectivity index (χ1v) is 54.6. The van der Waals surface area contributed by atoms with Crippen molar-refractivity contribution in [3.63, 3.8) is 0 Å². The van der Waals surface area contributed by atoms with Crippen LogP contribution in [0.4, 0.5) is 0 Å². The van der Waals surface area contributed by atoms with Gasteiger partial charge in [-0.05, 0) is 0 Å². The Morgan fingerprint density at radius 2 is 0.588 bits per heavy atom. The summed E-state index contributed by atoms with van der Waals surface area (Å²) in [4.78, 5) is 0. The fourth-order valence-electron chi connectivity index (χ4n) is 15.6. The van der Waals surface area contributed by atoms with Gasteiger partial charge in [-0.2, -0.15) is 0 Å². The summed E-state index contributed by atoms with van der Waals surface area (Å²) >= 11 is -1.63. The summed E-state index contributed by atoms with van der Waals surface area (Å²) in [5.41, 5.74) is 17.8. The number of hydrogen-bond acceptors (Lipinski definition) is 0. The second-order valence-corrected chi connectivity index (χ2v) is 73.2. The molecule has 0 aliphatic rings. The molecule has 0 bridgehead atoms. The van der Waals surface area contributed by atoms with Gasteiger partial charge in [0.15, 0.2) is 0 Å². The second-order valence-electron chi connectivity index (χ2n) is 30.0. The van der Waals surface area contributed by atoms with E-state index in [0.717, 1.165) is 0 Å². The Morgan fingerprint density at radius 1 is 0.338 bits per heavy atom. The molecule has 0 spiro atoms. The predicted octanol–water partition coefficient (Wildman–Crippen LogP) is 18.7. The summed E-state index contributed by atoms with van der Waals surface area (Å²) in [5, 5.41) is 1.32. The van der Waals surface area contributed by atoms with E-state index in [-0.39, 0.29) is 0 Å². The van der Waals surface area contributed by atoms with Gasteiger partial charge in [0, 0.05) is 0 Å². The molecule has 0 aliphatic carbocycles. The van der Waals surface area contributed by atoms with Crippen LogP contribution >= 0.6 is 0 Å². The van der Waals surface area contributed by atoms with Gasteiger partial charge >= 0.3 is 444 Å². The van der Waals surface area contributed by atoms with Crippen LogP contribution in [0.2, 0.25) is 137 Å². The molecule has 4 rings (SSSR count). The fourth-order valence-corrected chi connectivity index (χ4v) is 77.4. The molecule has 0 aromatic heterocycles. The number of rotatable bonds is 18. The molecule has 0 heterocycles. The molecule has 0 aliphatic heterocycles. The van der Waals surface area contributed by atoms with Crippen molar-refractivity contribution >= 4 is 84.8 Å². The van der Waals surface area contributed by atoms with E-state index in [1.807, 2.05) is 20.3 Å². The van der Waals surface area contributed by atoms with E-state index in [0.29, 0.717) is 38.3 Å². The third kappa shape index (κ3) is 11.9. The molecule has 0 saturated heterocycles. The minimum atomic E-state index is -1.83. The third-order valence-electron chi connectivity index (χ3n) is 15.7. The van der Waals surface area contributed by atoms with E-state index < -0.39 is 77.7 Å². The fraction of sp³-hybridized carbons (Fsp3) is 0.600. The van der Waals surface area contributed by atoms with E-state index in [1.165, 1.54) is 33.4 Å². The molecule has 68 heavy (non-hydrogen) atoms. The van der Waals surface area contributed by atoms with Gasteiger partial charge in [-0.1, -0.05) is 0 Å². The van der Waals surface area contributed by atoms with Crippen molar-refractivity contribution in [2.75, 3.05) is 0 Å². The molecule has 0 fully saturated rings. The number of benzene rings is 4. The molecule has 0 unspecified atom stereocenters. The normalized spacial score (nSPS) is 14.2.